The molecule has 0 saturated carbocycles. The van der Waals surface area contributed by atoms with Crippen LogP contribution in [0.5, 0.6) is 0 Å². The molecule has 0 bridgehead atoms. The van der Waals surface area contributed by atoms with Gasteiger partial charge >= 0.3 is 0 Å². The molecule has 0 fully saturated rings. The molecular formula is C11H6ClIN4. The summed E-state index contributed by atoms with van der Waals surface area (Å²) in [6.45, 7) is 0. The van der Waals surface area contributed by atoms with E-state index in [0.717, 1.165) is 20.3 Å². The lowest BCUT2D eigenvalue weighted by Crippen LogP contribution is -1.94. The summed E-state index contributed by atoms with van der Waals surface area (Å²) in [5.74, 6) is 0. The van der Waals surface area contributed by atoms with Crippen molar-refractivity contribution in [1.82, 2.24) is 19.5 Å². The Morgan fingerprint density at radius 3 is 2.71 bits per heavy atom. The SMILES string of the molecule is Clc1ncnc2c1c(I)cn2-c1ccncc1. The molecular weight excluding hydrogens is 351 g/mol. The lowest BCUT2D eigenvalue weighted by Gasteiger charge is -2.03. The van der Waals surface area contributed by atoms with Gasteiger partial charge in [0.15, 0.2) is 5.65 Å². The molecule has 3 aromatic heterocycles. The first-order chi connectivity index (χ1) is 8.27. The zero-order chi connectivity index (χ0) is 11.8. The highest BCUT2D eigenvalue weighted by atomic mass is 127. The summed E-state index contributed by atoms with van der Waals surface area (Å²) >= 11 is 8.31. The summed E-state index contributed by atoms with van der Waals surface area (Å²) in [6.07, 6.45) is 6.95. The third-order valence-corrected chi connectivity index (χ3v) is 3.54. The molecule has 0 aliphatic carbocycles. The third kappa shape index (κ3) is 1.79. The number of fused-ring (bicyclic) bond motifs is 1. The molecule has 0 saturated heterocycles. The van der Waals surface area contributed by atoms with Gasteiger partial charge in [0.05, 0.1) is 11.1 Å². The van der Waals surface area contributed by atoms with Crippen LogP contribution in [0, 0.1) is 3.57 Å². The van der Waals surface area contributed by atoms with E-state index in [9.17, 15) is 0 Å². The van der Waals surface area contributed by atoms with Crippen molar-refractivity contribution in [3.63, 3.8) is 0 Å². The molecule has 6 heteroatoms. The fourth-order valence-corrected chi connectivity index (χ4v) is 2.85. The van der Waals surface area contributed by atoms with Gasteiger partial charge in [-0.15, -0.1) is 0 Å². The van der Waals surface area contributed by atoms with Crippen LogP contribution in [0.3, 0.4) is 0 Å². The lowest BCUT2D eigenvalue weighted by molar-refractivity contribution is 1.06. The number of rotatable bonds is 1. The zero-order valence-corrected chi connectivity index (χ0v) is 11.4. The summed E-state index contributed by atoms with van der Waals surface area (Å²) in [7, 11) is 0. The van der Waals surface area contributed by atoms with E-state index in [-0.39, 0.29) is 0 Å². The Kier molecular flexibility index (Phi) is 2.71. The molecule has 3 rings (SSSR count). The van der Waals surface area contributed by atoms with Crippen LogP contribution in [0.15, 0.2) is 37.1 Å². The van der Waals surface area contributed by atoms with Crippen molar-refractivity contribution in [3.05, 3.63) is 45.8 Å². The van der Waals surface area contributed by atoms with Crippen LogP contribution in [0.25, 0.3) is 16.7 Å². The highest BCUT2D eigenvalue weighted by Crippen LogP contribution is 2.28. The van der Waals surface area contributed by atoms with Crippen molar-refractivity contribution >= 4 is 45.2 Å². The van der Waals surface area contributed by atoms with Crippen molar-refractivity contribution < 1.29 is 0 Å². The molecule has 0 aromatic carbocycles. The Morgan fingerprint density at radius 1 is 1.18 bits per heavy atom. The van der Waals surface area contributed by atoms with Crippen molar-refractivity contribution in [3.8, 4) is 5.69 Å². The summed E-state index contributed by atoms with van der Waals surface area (Å²) in [5, 5.41) is 1.36. The highest BCUT2D eigenvalue weighted by Gasteiger charge is 2.12. The van der Waals surface area contributed by atoms with Crippen LogP contribution in [0.2, 0.25) is 5.15 Å². The average molecular weight is 357 g/mol. The minimum Gasteiger partial charge on any atom is -0.300 e. The van der Waals surface area contributed by atoms with Gasteiger partial charge in [0.25, 0.3) is 0 Å². The molecule has 0 radical (unpaired) electrons. The van der Waals surface area contributed by atoms with Gasteiger partial charge in [0.2, 0.25) is 0 Å². The number of hydrogen-bond acceptors (Lipinski definition) is 3. The van der Waals surface area contributed by atoms with Gasteiger partial charge in [-0.25, -0.2) is 9.97 Å². The predicted octanol–water partition coefficient (Wildman–Crippen LogP) is 3.07. The van der Waals surface area contributed by atoms with E-state index >= 15 is 0 Å². The van der Waals surface area contributed by atoms with Crippen LogP contribution in [-0.4, -0.2) is 19.5 Å². The summed E-state index contributed by atoms with van der Waals surface area (Å²) in [6, 6.07) is 3.84. The van der Waals surface area contributed by atoms with E-state index in [1.807, 2.05) is 22.9 Å². The van der Waals surface area contributed by atoms with Crippen molar-refractivity contribution in [2.75, 3.05) is 0 Å². The summed E-state index contributed by atoms with van der Waals surface area (Å²) < 4.78 is 3.01. The number of pyridine rings is 1. The molecule has 3 heterocycles. The van der Waals surface area contributed by atoms with Gasteiger partial charge in [-0.2, -0.15) is 0 Å². The summed E-state index contributed by atoms with van der Waals surface area (Å²) in [5.41, 5.74) is 1.81. The molecule has 4 nitrogen and oxygen atoms in total. The molecule has 3 aromatic rings. The van der Waals surface area contributed by atoms with Gasteiger partial charge in [-0.05, 0) is 34.7 Å². The first kappa shape index (κ1) is 10.9. The summed E-state index contributed by atoms with van der Waals surface area (Å²) in [4.78, 5) is 12.3. The van der Waals surface area contributed by atoms with Crippen LogP contribution in [0.1, 0.15) is 0 Å². The first-order valence-corrected chi connectivity index (χ1v) is 6.30. The van der Waals surface area contributed by atoms with Crippen molar-refractivity contribution in [1.29, 1.82) is 0 Å². The van der Waals surface area contributed by atoms with Crippen LogP contribution < -0.4 is 0 Å². The monoisotopic (exact) mass is 356 g/mol. The van der Waals surface area contributed by atoms with Crippen LogP contribution in [-0.2, 0) is 0 Å². The molecule has 0 unspecified atom stereocenters. The molecule has 0 amide bonds. The van der Waals surface area contributed by atoms with Gasteiger partial charge in [-0.1, -0.05) is 11.6 Å². The molecule has 17 heavy (non-hydrogen) atoms. The Bertz CT molecular complexity index is 681. The molecule has 0 aliphatic rings. The first-order valence-electron chi connectivity index (χ1n) is 4.85. The topological polar surface area (TPSA) is 43.6 Å². The second-order valence-electron chi connectivity index (χ2n) is 3.42. The minimum absolute atomic E-state index is 0.479. The predicted molar refractivity (Wildman–Crippen MR) is 74.4 cm³/mol. The van der Waals surface area contributed by atoms with E-state index in [0.29, 0.717) is 5.15 Å². The Morgan fingerprint density at radius 2 is 1.94 bits per heavy atom. The van der Waals surface area contributed by atoms with Crippen LogP contribution in [0.4, 0.5) is 0 Å². The Hall–Kier alpha value is -1.21. The van der Waals surface area contributed by atoms with Gasteiger partial charge < -0.3 is 0 Å². The van der Waals surface area contributed by atoms with E-state index in [1.165, 1.54) is 6.33 Å². The van der Waals surface area contributed by atoms with Crippen molar-refractivity contribution in [2.45, 2.75) is 0 Å². The van der Waals surface area contributed by atoms with Gasteiger partial charge in [-0.3, -0.25) is 9.55 Å². The molecule has 0 aliphatic heterocycles. The fraction of sp³-hybridized carbons (Fsp3) is 0. The third-order valence-electron chi connectivity index (χ3n) is 2.43. The smallest absolute Gasteiger partial charge is 0.150 e. The van der Waals surface area contributed by atoms with Crippen molar-refractivity contribution in [2.24, 2.45) is 0 Å². The number of hydrogen-bond donors (Lipinski definition) is 0. The van der Waals surface area contributed by atoms with E-state index in [2.05, 4.69) is 37.5 Å². The van der Waals surface area contributed by atoms with E-state index < -0.39 is 0 Å². The Labute approximate surface area is 116 Å². The average Bonchev–Trinajstić information content (AvgIpc) is 2.69. The minimum atomic E-state index is 0.479. The number of aromatic nitrogens is 4. The standard InChI is InChI=1S/C11H6ClIN4/c12-10-9-8(13)5-17(11(9)16-6-15-10)7-1-3-14-4-2-7/h1-6H. The molecule has 0 atom stereocenters. The highest BCUT2D eigenvalue weighted by molar-refractivity contribution is 14.1. The fourth-order valence-electron chi connectivity index (χ4n) is 1.68. The molecule has 0 spiro atoms. The second-order valence-corrected chi connectivity index (χ2v) is 4.94. The van der Waals surface area contributed by atoms with E-state index in [4.69, 9.17) is 11.6 Å². The Balaban J connectivity index is 2.36. The van der Waals surface area contributed by atoms with E-state index in [1.54, 1.807) is 12.4 Å². The maximum Gasteiger partial charge on any atom is 0.150 e. The normalized spacial score (nSPS) is 10.9. The molecule has 84 valence electrons. The quantitative estimate of drug-likeness (QED) is 0.497. The largest absolute Gasteiger partial charge is 0.300 e. The lowest BCUT2D eigenvalue weighted by atomic mass is 10.4. The maximum absolute atomic E-state index is 6.08. The number of halogens is 2. The van der Waals surface area contributed by atoms with Crippen LogP contribution >= 0.6 is 34.2 Å². The molecule has 0 N–H and O–H groups in total. The number of nitrogens with zero attached hydrogens (tertiary/aromatic N) is 4. The second kappa shape index (κ2) is 4.23. The van der Waals surface area contributed by atoms with Gasteiger partial charge in [0.1, 0.15) is 11.5 Å². The van der Waals surface area contributed by atoms with Gasteiger partial charge in [0, 0.05) is 22.2 Å². The maximum atomic E-state index is 6.08. The zero-order valence-electron chi connectivity index (χ0n) is 8.51.